The van der Waals surface area contributed by atoms with Crippen LogP contribution in [0.3, 0.4) is 0 Å². The molecule has 2 aromatic heterocycles. The standard InChI is InChI=1S/C26H34N6O3.C6H6/c1-14-4-6-30(10-14)17-7-15(2)23-28-22(29-32(23)11-17)24(33)27-16-8-26(9-16)5-3-20(26)31-12-18-19(13-31)21(18)25(34)35;1-2-4-6-5-3-1/h7,11,14,16,18-21H,3-6,8-10,12-13H2,1-2H3,(H,27,33)(H,34,35);1-6H. The number of aliphatic carboxylic acids is 1. The van der Waals surface area contributed by atoms with Crippen molar-refractivity contribution < 1.29 is 14.7 Å². The molecule has 2 N–H and O–H groups in total. The Morgan fingerprint density at radius 1 is 1.02 bits per heavy atom. The van der Waals surface area contributed by atoms with Crippen LogP contribution in [-0.2, 0) is 4.79 Å². The number of likely N-dealkylation sites (tertiary alicyclic amines) is 1. The highest BCUT2D eigenvalue weighted by Gasteiger charge is 2.64. The Morgan fingerprint density at radius 3 is 2.27 bits per heavy atom. The van der Waals surface area contributed by atoms with Crippen molar-refractivity contribution >= 4 is 23.2 Å². The van der Waals surface area contributed by atoms with Gasteiger partial charge in [-0.1, -0.05) is 43.3 Å². The fourth-order valence-electron chi connectivity index (χ4n) is 8.14. The summed E-state index contributed by atoms with van der Waals surface area (Å²) in [5, 5.41) is 17.0. The molecular formula is C32H40N6O3. The number of amides is 1. The minimum absolute atomic E-state index is 0.104. The average molecular weight is 557 g/mol. The highest BCUT2D eigenvalue weighted by molar-refractivity contribution is 5.91. The fourth-order valence-corrected chi connectivity index (χ4v) is 8.14. The molecular weight excluding hydrogens is 516 g/mol. The van der Waals surface area contributed by atoms with E-state index in [0.29, 0.717) is 29.2 Å². The molecule has 5 fully saturated rings. The van der Waals surface area contributed by atoms with Gasteiger partial charge in [0.1, 0.15) is 0 Å². The zero-order chi connectivity index (χ0) is 28.3. The van der Waals surface area contributed by atoms with Gasteiger partial charge in [-0.25, -0.2) is 9.50 Å². The molecule has 0 bridgehead atoms. The number of piperidine rings is 1. The highest BCUT2D eigenvalue weighted by atomic mass is 16.4. The Labute approximate surface area is 240 Å². The van der Waals surface area contributed by atoms with Gasteiger partial charge in [0.2, 0.25) is 5.82 Å². The maximum atomic E-state index is 13.0. The molecule has 3 aliphatic carbocycles. The summed E-state index contributed by atoms with van der Waals surface area (Å²) in [6.45, 7) is 8.29. The quantitative estimate of drug-likeness (QED) is 0.492. The number of anilines is 1. The zero-order valence-electron chi connectivity index (χ0n) is 23.9. The number of nitrogens with zero attached hydrogens (tertiary/aromatic N) is 5. The number of carbonyl (C=O) groups excluding carboxylic acids is 1. The van der Waals surface area contributed by atoms with Crippen LogP contribution in [0.5, 0.6) is 0 Å². The second-order valence-corrected chi connectivity index (χ2v) is 13.2. The third kappa shape index (κ3) is 4.78. The summed E-state index contributed by atoms with van der Waals surface area (Å²) in [4.78, 5) is 33.8. The first-order valence-electron chi connectivity index (χ1n) is 15.2. The number of carbonyl (C=O) groups is 2. The van der Waals surface area contributed by atoms with Crippen molar-refractivity contribution in [3.63, 3.8) is 0 Å². The summed E-state index contributed by atoms with van der Waals surface area (Å²) in [6, 6.07) is 14.9. The molecule has 1 aromatic carbocycles. The van der Waals surface area contributed by atoms with Gasteiger partial charge in [0, 0.05) is 38.3 Å². The van der Waals surface area contributed by atoms with Crippen LogP contribution in [0.1, 0.15) is 55.2 Å². The molecule has 41 heavy (non-hydrogen) atoms. The largest absolute Gasteiger partial charge is 0.481 e. The first-order valence-corrected chi connectivity index (χ1v) is 15.2. The van der Waals surface area contributed by atoms with Gasteiger partial charge in [-0.05, 0) is 73.8 Å². The first-order chi connectivity index (χ1) is 19.8. The Balaban J connectivity index is 0.000000412. The third-order valence-corrected chi connectivity index (χ3v) is 10.5. The van der Waals surface area contributed by atoms with Gasteiger partial charge in [0.25, 0.3) is 5.91 Å². The van der Waals surface area contributed by atoms with Crippen molar-refractivity contribution in [3.05, 3.63) is 60.0 Å². The predicted octanol–water partition coefficient (Wildman–Crippen LogP) is 3.87. The molecule has 3 aromatic rings. The molecule has 1 amide bonds. The smallest absolute Gasteiger partial charge is 0.307 e. The SMILES string of the molecule is Cc1cc(N2CCC(C)C2)cn2nc(C(=O)NC3CC4(CCC4N4CC5C(C4)C5C(=O)O)C3)nc12.c1ccccc1. The van der Waals surface area contributed by atoms with E-state index in [4.69, 9.17) is 0 Å². The molecule has 4 unspecified atom stereocenters. The Morgan fingerprint density at radius 2 is 1.71 bits per heavy atom. The Bertz CT molecular complexity index is 1410. The molecule has 216 valence electrons. The van der Waals surface area contributed by atoms with Crippen LogP contribution in [0.4, 0.5) is 5.69 Å². The van der Waals surface area contributed by atoms with E-state index in [1.807, 2.05) is 49.5 Å². The van der Waals surface area contributed by atoms with Crippen molar-refractivity contribution in [3.8, 4) is 0 Å². The number of carboxylic acids is 1. The van der Waals surface area contributed by atoms with Crippen LogP contribution >= 0.6 is 0 Å². The Hall–Kier alpha value is -3.46. The van der Waals surface area contributed by atoms with E-state index in [2.05, 4.69) is 38.2 Å². The second-order valence-electron chi connectivity index (χ2n) is 13.2. The Kier molecular flexibility index (Phi) is 6.52. The molecule has 4 heterocycles. The number of benzene rings is 1. The van der Waals surface area contributed by atoms with Crippen LogP contribution in [-0.4, -0.2) is 74.7 Å². The van der Waals surface area contributed by atoms with Crippen molar-refractivity contribution in [2.45, 2.75) is 58.0 Å². The number of rotatable bonds is 5. The number of pyridine rings is 1. The molecule has 9 nitrogen and oxygen atoms in total. The number of fused-ring (bicyclic) bond motifs is 2. The van der Waals surface area contributed by atoms with E-state index in [1.54, 1.807) is 4.52 Å². The number of aryl methyl sites for hydroxylation is 1. The van der Waals surface area contributed by atoms with Crippen molar-refractivity contribution in [2.24, 2.45) is 29.1 Å². The summed E-state index contributed by atoms with van der Waals surface area (Å²) in [5.74, 6) is 0.748. The van der Waals surface area contributed by atoms with Crippen LogP contribution < -0.4 is 10.2 Å². The fraction of sp³-hybridized carbons (Fsp3) is 0.562. The summed E-state index contributed by atoms with van der Waals surface area (Å²) < 4.78 is 1.76. The van der Waals surface area contributed by atoms with Crippen molar-refractivity contribution in [2.75, 3.05) is 31.1 Å². The van der Waals surface area contributed by atoms with E-state index in [0.717, 1.165) is 55.9 Å². The van der Waals surface area contributed by atoms with Gasteiger partial charge in [-0.3, -0.25) is 14.5 Å². The second kappa shape index (κ2) is 10.1. The summed E-state index contributed by atoms with van der Waals surface area (Å²) in [5.41, 5.74) is 3.21. The molecule has 5 aliphatic rings. The first kappa shape index (κ1) is 26.4. The maximum absolute atomic E-state index is 13.0. The van der Waals surface area contributed by atoms with E-state index in [-0.39, 0.29) is 23.7 Å². The number of hydrogen-bond donors (Lipinski definition) is 2. The molecule has 2 saturated heterocycles. The lowest BCUT2D eigenvalue weighted by Crippen LogP contribution is -2.65. The average Bonchev–Trinajstić information content (AvgIpc) is 3.32. The molecule has 3 saturated carbocycles. The van der Waals surface area contributed by atoms with Gasteiger partial charge < -0.3 is 15.3 Å². The predicted molar refractivity (Wildman–Crippen MR) is 156 cm³/mol. The van der Waals surface area contributed by atoms with Crippen molar-refractivity contribution in [1.29, 1.82) is 0 Å². The summed E-state index contributed by atoms with van der Waals surface area (Å²) >= 11 is 0. The number of hydrogen-bond acceptors (Lipinski definition) is 6. The zero-order valence-corrected chi connectivity index (χ0v) is 23.9. The minimum Gasteiger partial charge on any atom is -0.481 e. The topological polar surface area (TPSA) is 103 Å². The van der Waals surface area contributed by atoms with Gasteiger partial charge in [-0.2, -0.15) is 0 Å². The normalized spacial score (nSPS) is 33.5. The number of aromatic nitrogens is 3. The molecule has 0 radical (unpaired) electrons. The molecule has 9 heteroatoms. The van der Waals surface area contributed by atoms with Crippen LogP contribution in [0.2, 0.25) is 0 Å². The van der Waals surface area contributed by atoms with Gasteiger partial charge in [-0.15, -0.1) is 5.10 Å². The van der Waals surface area contributed by atoms with E-state index in [9.17, 15) is 14.7 Å². The summed E-state index contributed by atoms with van der Waals surface area (Å²) in [6.07, 6.45) is 7.61. The van der Waals surface area contributed by atoms with E-state index in [1.165, 1.54) is 19.3 Å². The van der Waals surface area contributed by atoms with E-state index < -0.39 is 5.97 Å². The molecule has 4 atom stereocenters. The monoisotopic (exact) mass is 556 g/mol. The lowest BCUT2D eigenvalue weighted by Gasteiger charge is -2.62. The number of carboxylic acid groups (broad SMARTS) is 1. The lowest BCUT2D eigenvalue weighted by molar-refractivity contribution is -0.140. The highest BCUT2D eigenvalue weighted by Crippen LogP contribution is 2.61. The maximum Gasteiger partial charge on any atom is 0.307 e. The van der Waals surface area contributed by atoms with Crippen LogP contribution in [0, 0.1) is 36.0 Å². The van der Waals surface area contributed by atoms with Gasteiger partial charge >= 0.3 is 5.97 Å². The van der Waals surface area contributed by atoms with Crippen LogP contribution in [0.25, 0.3) is 5.65 Å². The minimum atomic E-state index is -0.619. The lowest BCUT2D eigenvalue weighted by atomic mass is 9.50. The third-order valence-electron chi connectivity index (χ3n) is 10.5. The summed E-state index contributed by atoms with van der Waals surface area (Å²) in [7, 11) is 0. The van der Waals surface area contributed by atoms with E-state index >= 15 is 0 Å². The molecule has 8 rings (SSSR count). The van der Waals surface area contributed by atoms with Gasteiger partial charge in [0.05, 0.1) is 17.8 Å². The molecule has 1 spiro atoms. The van der Waals surface area contributed by atoms with Gasteiger partial charge in [0.15, 0.2) is 5.65 Å². The van der Waals surface area contributed by atoms with Crippen LogP contribution in [0.15, 0.2) is 48.7 Å². The molecule has 2 aliphatic heterocycles. The van der Waals surface area contributed by atoms with Crippen molar-refractivity contribution in [1.82, 2.24) is 24.8 Å². The number of nitrogens with one attached hydrogen (secondary N) is 1.